The number of aliphatic imine (C=N–C) groups is 1. The van der Waals surface area contributed by atoms with Crippen LogP contribution >= 0.6 is 24.0 Å². The molecule has 0 bridgehead atoms. The zero-order chi connectivity index (χ0) is 20.1. The van der Waals surface area contributed by atoms with Crippen LogP contribution < -0.4 is 10.6 Å². The number of nitrogens with one attached hydrogen (secondary N) is 2. The molecule has 9 nitrogen and oxygen atoms in total. The summed E-state index contributed by atoms with van der Waals surface area (Å²) in [6.07, 6.45) is 5.24. The summed E-state index contributed by atoms with van der Waals surface area (Å²) < 4.78 is 7.65. The Balaban J connectivity index is 0.00000300. The Morgan fingerprint density at radius 3 is 2.69 bits per heavy atom. The van der Waals surface area contributed by atoms with Crippen LogP contribution in [0.2, 0.25) is 0 Å². The summed E-state index contributed by atoms with van der Waals surface area (Å²) in [6.45, 7) is 8.62. The van der Waals surface area contributed by atoms with E-state index in [1.165, 1.54) is 19.3 Å². The molecule has 0 spiro atoms. The van der Waals surface area contributed by atoms with E-state index in [1.54, 1.807) is 11.9 Å². The van der Waals surface area contributed by atoms with E-state index >= 15 is 0 Å². The maximum Gasteiger partial charge on any atom is 0.410 e. The smallest absolute Gasteiger partial charge is 0.410 e. The van der Waals surface area contributed by atoms with Crippen LogP contribution in [0.1, 0.15) is 51.7 Å². The lowest BCUT2D eigenvalue weighted by Crippen LogP contribution is -2.63. The number of carbonyl (C=O) groups excluding carboxylic acids is 1. The first-order valence-corrected chi connectivity index (χ1v) is 10.2. The Kier molecular flexibility index (Phi) is 8.53. The lowest BCUT2D eigenvalue weighted by Gasteiger charge is -2.40. The van der Waals surface area contributed by atoms with Gasteiger partial charge in [0.25, 0.3) is 0 Å². The molecular weight excluding hydrogens is 485 g/mol. The predicted molar refractivity (Wildman–Crippen MR) is 123 cm³/mol. The Bertz CT molecular complexity index is 708. The maximum atomic E-state index is 12.0. The SMILES string of the molecule is CN=C(NCCc1nnc2n1CCCCC2)NC1CN(C(=O)OC(C)(C)C)C1.I. The van der Waals surface area contributed by atoms with Gasteiger partial charge in [-0.3, -0.25) is 4.99 Å². The summed E-state index contributed by atoms with van der Waals surface area (Å²) in [5.74, 6) is 2.90. The lowest BCUT2D eigenvalue weighted by molar-refractivity contribution is 0.00701. The Morgan fingerprint density at radius 1 is 1.24 bits per heavy atom. The van der Waals surface area contributed by atoms with E-state index in [0.29, 0.717) is 13.1 Å². The molecule has 1 aromatic heterocycles. The molecule has 2 aliphatic heterocycles. The van der Waals surface area contributed by atoms with Gasteiger partial charge < -0.3 is 24.8 Å². The number of guanidine groups is 1. The van der Waals surface area contributed by atoms with Crippen LogP contribution in [0.5, 0.6) is 0 Å². The van der Waals surface area contributed by atoms with Crippen molar-refractivity contribution in [2.75, 3.05) is 26.7 Å². The molecule has 1 fully saturated rings. The summed E-state index contributed by atoms with van der Waals surface area (Å²) in [5, 5.41) is 15.4. The molecule has 0 radical (unpaired) electrons. The van der Waals surface area contributed by atoms with E-state index in [1.807, 2.05) is 20.8 Å². The number of nitrogens with zero attached hydrogens (tertiary/aromatic N) is 5. The van der Waals surface area contributed by atoms with Gasteiger partial charge in [-0.05, 0) is 33.6 Å². The minimum atomic E-state index is -0.465. The van der Waals surface area contributed by atoms with E-state index in [4.69, 9.17) is 4.74 Å². The number of carbonyl (C=O) groups is 1. The highest BCUT2D eigenvalue weighted by Gasteiger charge is 2.34. The second-order valence-electron chi connectivity index (χ2n) is 8.47. The van der Waals surface area contributed by atoms with E-state index < -0.39 is 5.60 Å². The molecule has 0 atom stereocenters. The lowest BCUT2D eigenvalue weighted by atomic mass is 10.1. The molecule has 2 N–H and O–H groups in total. The van der Waals surface area contributed by atoms with E-state index in [2.05, 4.69) is 30.4 Å². The number of fused-ring (bicyclic) bond motifs is 1. The van der Waals surface area contributed by atoms with Crippen LogP contribution in [0.15, 0.2) is 4.99 Å². The minimum absolute atomic E-state index is 0. The fourth-order valence-electron chi connectivity index (χ4n) is 3.46. The van der Waals surface area contributed by atoms with Crippen molar-refractivity contribution in [1.29, 1.82) is 0 Å². The predicted octanol–water partition coefficient (Wildman–Crippen LogP) is 1.95. The summed E-state index contributed by atoms with van der Waals surface area (Å²) >= 11 is 0. The van der Waals surface area contributed by atoms with Crippen LogP contribution in [-0.4, -0.2) is 70.0 Å². The number of hydrogen-bond acceptors (Lipinski definition) is 5. The Morgan fingerprint density at radius 2 is 2.00 bits per heavy atom. The van der Waals surface area contributed by atoms with E-state index in [0.717, 1.165) is 43.5 Å². The Hall–Kier alpha value is -1.59. The first-order valence-electron chi connectivity index (χ1n) is 10.2. The molecule has 0 saturated carbocycles. The van der Waals surface area contributed by atoms with Crippen LogP contribution in [-0.2, 0) is 24.1 Å². The van der Waals surface area contributed by atoms with Crippen molar-refractivity contribution in [3.63, 3.8) is 0 Å². The number of hydrogen-bond donors (Lipinski definition) is 2. The van der Waals surface area contributed by atoms with Crippen molar-refractivity contribution < 1.29 is 9.53 Å². The van der Waals surface area contributed by atoms with Crippen molar-refractivity contribution in [3.05, 3.63) is 11.6 Å². The molecule has 3 rings (SSSR count). The first kappa shape index (κ1) is 23.7. The van der Waals surface area contributed by atoms with Crippen LogP contribution in [0, 0.1) is 0 Å². The van der Waals surface area contributed by atoms with Crippen LogP contribution in [0.25, 0.3) is 0 Å². The van der Waals surface area contributed by atoms with Crippen molar-refractivity contribution in [3.8, 4) is 0 Å². The highest BCUT2D eigenvalue weighted by atomic mass is 127. The third-order valence-electron chi connectivity index (χ3n) is 4.92. The van der Waals surface area contributed by atoms with Gasteiger partial charge in [0.05, 0.1) is 6.04 Å². The van der Waals surface area contributed by atoms with Crippen molar-refractivity contribution in [2.45, 2.75) is 71.1 Å². The number of ether oxygens (including phenoxy) is 1. The second-order valence-corrected chi connectivity index (χ2v) is 8.47. The molecule has 0 aromatic carbocycles. The topological polar surface area (TPSA) is 96.7 Å². The molecule has 164 valence electrons. The average molecular weight is 519 g/mol. The highest BCUT2D eigenvalue weighted by Crippen LogP contribution is 2.16. The summed E-state index contributed by atoms with van der Waals surface area (Å²) in [4.78, 5) is 18.0. The van der Waals surface area contributed by atoms with Gasteiger partial charge >= 0.3 is 6.09 Å². The molecule has 1 aromatic rings. The monoisotopic (exact) mass is 519 g/mol. The third kappa shape index (κ3) is 6.71. The fraction of sp³-hybridized carbons (Fsp3) is 0.789. The minimum Gasteiger partial charge on any atom is -0.444 e. The largest absolute Gasteiger partial charge is 0.444 e. The number of aryl methyl sites for hydroxylation is 1. The summed E-state index contributed by atoms with van der Waals surface area (Å²) in [6, 6.07) is 0.183. The fourth-order valence-corrected chi connectivity index (χ4v) is 3.46. The Labute approximate surface area is 190 Å². The molecule has 10 heteroatoms. The van der Waals surface area contributed by atoms with Gasteiger partial charge in [-0.15, -0.1) is 34.2 Å². The standard InChI is InChI=1S/C19H33N7O2.HI/c1-19(2,3)28-18(27)25-12-14(13-25)22-17(20-4)21-10-9-16-24-23-15-8-6-5-7-11-26(15)16;/h14H,5-13H2,1-4H3,(H2,20,21,22);1H. The van der Waals surface area contributed by atoms with Gasteiger partial charge in [0.15, 0.2) is 5.96 Å². The van der Waals surface area contributed by atoms with E-state index in [9.17, 15) is 4.79 Å². The van der Waals surface area contributed by atoms with Gasteiger partial charge in [-0.25, -0.2) is 4.79 Å². The van der Waals surface area contributed by atoms with Crippen LogP contribution in [0.3, 0.4) is 0 Å². The van der Waals surface area contributed by atoms with Crippen LogP contribution in [0.4, 0.5) is 4.79 Å². The van der Waals surface area contributed by atoms with Gasteiger partial charge in [0.2, 0.25) is 0 Å². The van der Waals surface area contributed by atoms with Gasteiger partial charge in [-0.2, -0.15) is 0 Å². The molecule has 0 unspecified atom stereocenters. The zero-order valence-corrected chi connectivity index (χ0v) is 20.2. The van der Waals surface area contributed by atoms with E-state index in [-0.39, 0.29) is 36.1 Å². The zero-order valence-electron chi connectivity index (χ0n) is 17.9. The summed E-state index contributed by atoms with van der Waals surface area (Å²) in [5.41, 5.74) is -0.465. The number of aromatic nitrogens is 3. The van der Waals surface area contributed by atoms with Gasteiger partial charge in [-0.1, -0.05) is 6.42 Å². The summed E-state index contributed by atoms with van der Waals surface area (Å²) in [7, 11) is 1.75. The first-order chi connectivity index (χ1) is 13.4. The van der Waals surface area contributed by atoms with Gasteiger partial charge in [0, 0.05) is 46.1 Å². The number of halogens is 1. The average Bonchev–Trinajstić information content (AvgIpc) is 2.81. The maximum absolute atomic E-state index is 12.0. The third-order valence-corrected chi connectivity index (χ3v) is 4.92. The molecule has 0 aliphatic carbocycles. The quantitative estimate of drug-likeness (QED) is 0.359. The molecule has 1 saturated heterocycles. The van der Waals surface area contributed by atoms with Gasteiger partial charge in [0.1, 0.15) is 17.2 Å². The number of amides is 1. The normalized spacial score (nSPS) is 17.5. The number of likely N-dealkylation sites (tertiary alicyclic amines) is 1. The van der Waals surface area contributed by atoms with Crippen molar-refractivity contribution in [1.82, 2.24) is 30.3 Å². The molecule has 1 amide bonds. The molecule has 2 aliphatic rings. The molecule has 29 heavy (non-hydrogen) atoms. The van der Waals surface area contributed by atoms with Crippen molar-refractivity contribution in [2.24, 2.45) is 4.99 Å². The molecular formula is C19H34IN7O2. The van der Waals surface area contributed by atoms with Crippen molar-refractivity contribution >= 4 is 36.0 Å². The second kappa shape index (κ2) is 10.4. The molecule has 3 heterocycles. The number of rotatable bonds is 4. The highest BCUT2D eigenvalue weighted by molar-refractivity contribution is 14.0.